The van der Waals surface area contributed by atoms with E-state index in [1.54, 1.807) is 4.90 Å². The summed E-state index contributed by atoms with van der Waals surface area (Å²) in [5.41, 5.74) is 0. The number of nitrogens with zero attached hydrogens (tertiary/aromatic N) is 1. The van der Waals surface area contributed by atoms with Crippen LogP contribution in [0.5, 0.6) is 0 Å². The van der Waals surface area contributed by atoms with Crippen LogP contribution in [0.4, 0.5) is 0 Å². The van der Waals surface area contributed by atoms with Crippen LogP contribution in [-0.4, -0.2) is 32.0 Å². The summed E-state index contributed by atoms with van der Waals surface area (Å²) in [6.07, 6.45) is 0.929. The van der Waals surface area contributed by atoms with Gasteiger partial charge in [-0.1, -0.05) is 13.8 Å². The molecule has 3 nitrogen and oxygen atoms in total. The molecule has 0 spiro atoms. The molecule has 0 aromatic rings. The van der Waals surface area contributed by atoms with Crippen molar-refractivity contribution in [1.82, 2.24) is 4.90 Å². The summed E-state index contributed by atoms with van der Waals surface area (Å²) in [5.74, 6) is 0. The van der Waals surface area contributed by atoms with Crippen molar-refractivity contribution < 1.29 is 9.32 Å². The third-order valence-corrected chi connectivity index (χ3v) is 2.17. The first-order valence-corrected chi connectivity index (χ1v) is 4.53. The first-order valence-electron chi connectivity index (χ1n) is 3.79. The molecule has 0 amide bonds. The van der Waals surface area contributed by atoms with Gasteiger partial charge in [-0.05, 0) is 13.3 Å². The fourth-order valence-electron chi connectivity index (χ4n) is 0.904. The predicted molar refractivity (Wildman–Crippen MR) is 47.9 cm³/mol. The van der Waals surface area contributed by atoms with Gasteiger partial charge in [0.2, 0.25) is 5.17 Å². The topological polar surface area (TPSA) is 40.5 Å². The molecule has 0 heterocycles. The predicted octanol–water partition coefficient (Wildman–Crippen LogP) is 0.965. The van der Waals surface area contributed by atoms with E-state index in [4.69, 9.17) is 5.11 Å². The van der Waals surface area contributed by atoms with Crippen molar-refractivity contribution in [2.75, 3.05) is 6.54 Å². The maximum absolute atomic E-state index is 10.2. The molecule has 1 unspecified atom stereocenters. The smallest absolute Gasteiger partial charge is 0.217 e. The number of hydrogen-bond donors (Lipinski definition) is 1. The highest BCUT2D eigenvalue weighted by atomic mass is 32.1. The summed E-state index contributed by atoms with van der Waals surface area (Å²) in [6, 6.07) is 0.237. The van der Waals surface area contributed by atoms with Crippen LogP contribution in [0.15, 0.2) is 0 Å². The van der Waals surface area contributed by atoms with E-state index in [-0.39, 0.29) is 22.5 Å². The largest absolute Gasteiger partial charge is 0.340 e. The molecule has 0 aliphatic heterocycles. The van der Waals surface area contributed by atoms with Crippen molar-refractivity contribution in [2.24, 2.45) is 0 Å². The molecular formula is C7H15NO2S. The third kappa shape index (κ3) is 3.14. The number of rotatable bonds is 3. The van der Waals surface area contributed by atoms with Crippen molar-refractivity contribution in [3.8, 4) is 0 Å². The lowest BCUT2D eigenvalue weighted by molar-refractivity contribution is 0.286. The minimum absolute atomic E-state index is 0.123. The van der Waals surface area contributed by atoms with Crippen LogP contribution in [-0.2, 0) is 11.3 Å². The van der Waals surface area contributed by atoms with E-state index in [2.05, 4.69) is 0 Å². The Kier molecular flexibility index (Phi) is 5.36. The molecule has 1 N–H and O–H groups in total. The van der Waals surface area contributed by atoms with Crippen LogP contribution in [0.2, 0.25) is 0 Å². The van der Waals surface area contributed by atoms with E-state index in [0.29, 0.717) is 6.54 Å². The first kappa shape index (κ1) is 10.8. The molecule has 0 aromatic heterocycles. The molecule has 0 fully saturated rings. The summed E-state index contributed by atoms with van der Waals surface area (Å²) in [4.78, 5) is 1.69. The van der Waals surface area contributed by atoms with Gasteiger partial charge < -0.3 is 5.11 Å². The van der Waals surface area contributed by atoms with Gasteiger partial charge in [-0.15, -0.1) is 0 Å². The average Bonchev–Trinajstić information content (AvgIpc) is 2.05. The van der Waals surface area contributed by atoms with E-state index in [9.17, 15) is 4.21 Å². The molecule has 1 atom stereocenters. The Hall–Kier alpha value is -0.190. The maximum atomic E-state index is 10.2. The zero-order chi connectivity index (χ0) is 8.85. The summed E-state index contributed by atoms with van der Waals surface area (Å²) in [7, 11) is 0. The van der Waals surface area contributed by atoms with Crippen molar-refractivity contribution in [3.63, 3.8) is 0 Å². The SMILES string of the molecule is CCC(C)N(CC)C(O)=S=O. The highest BCUT2D eigenvalue weighted by molar-refractivity contribution is 7.65. The van der Waals surface area contributed by atoms with Gasteiger partial charge in [0.25, 0.3) is 0 Å². The standard InChI is InChI=1S/C7H15NO2S/c1-4-6(3)8(5-2)7(9)11-10/h6,9H,4-5H2,1-3H3. The molecule has 0 aliphatic carbocycles. The van der Waals surface area contributed by atoms with Gasteiger partial charge in [0.05, 0.1) is 0 Å². The van der Waals surface area contributed by atoms with Crippen LogP contribution in [0.25, 0.3) is 0 Å². The molecule has 0 bridgehead atoms. The fourth-order valence-corrected chi connectivity index (χ4v) is 1.31. The Morgan fingerprint density at radius 2 is 2.18 bits per heavy atom. The van der Waals surface area contributed by atoms with Crippen LogP contribution in [0.1, 0.15) is 27.2 Å². The molecule has 11 heavy (non-hydrogen) atoms. The average molecular weight is 177 g/mol. The zero-order valence-corrected chi connectivity index (χ0v) is 8.02. The summed E-state index contributed by atoms with van der Waals surface area (Å²) in [5, 5.41) is 8.99. The Balaban J connectivity index is 4.27. The second-order valence-corrected chi connectivity index (χ2v) is 2.94. The third-order valence-electron chi connectivity index (χ3n) is 1.78. The minimum Gasteiger partial charge on any atom is -0.340 e. The second kappa shape index (κ2) is 5.46. The zero-order valence-electron chi connectivity index (χ0n) is 7.20. The van der Waals surface area contributed by atoms with E-state index >= 15 is 0 Å². The lowest BCUT2D eigenvalue weighted by Gasteiger charge is -2.23. The molecule has 0 saturated carbocycles. The van der Waals surface area contributed by atoms with Gasteiger partial charge in [-0.25, -0.2) is 9.11 Å². The van der Waals surface area contributed by atoms with E-state index in [1.807, 2.05) is 20.8 Å². The summed E-state index contributed by atoms with van der Waals surface area (Å²) < 4.78 is 10.2. The molecular weight excluding hydrogens is 162 g/mol. The Morgan fingerprint density at radius 1 is 1.64 bits per heavy atom. The van der Waals surface area contributed by atoms with Crippen LogP contribution >= 0.6 is 0 Å². The van der Waals surface area contributed by atoms with Gasteiger partial charge in [0.15, 0.2) is 0 Å². The lowest BCUT2D eigenvalue weighted by atomic mass is 10.2. The molecule has 0 saturated heterocycles. The van der Waals surface area contributed by atoms with Gasteiger partial charge in [0, 0.05) is 12.6 Å². The Labute approximate surface area is 71.1 Å². The Morgan fingerprint density at radius 3 is 2.45 bits per heavy atom. The molecule has 66 valence electrons. The molecule has 0 radical (unpaired) electrons. The van der Waals surface area contributed by atoms with Crippen molar-refractivity contribution in [3.05, 3.63) is 0 Å². The summed E-state index contributed by atoms with van der Waals surface area (Å²) >= 11 is 0.149. The number of aliphatic hydroxyl groups is 1. The molecule has 4 heteroatoms. The van der Waals surface area contributed by atoms with Crippen molar-refractivity contribution in [2.45, 2.75) is 33.2 Å². The van der Waals surface area contributed by atoms with Gasteiger partial charge >= 0.3 is 0 Å². The van der Waals surface area contributed by atoms with Crippen LogP contribution in [0.3, 0.4) is 0 Å². The summed E-state index contributed by atoms with van der Waals surface area (Å²) in [6.45, 7) is 6.60. The van der Waals surface area contributed by atoms with Crippen molar-refractivity contribution >= 4 is 16.4 Å². The van der Waals surface area contributed by atoms with Crippen LogP contribution in [0, 0.1) is 0 Å². The highest BCUT2D eigenvalue weighted by Gasteiger charge is 2.13. The number of hydrogen-bond acceptors (Lipinski definition) is 1. The molecule has 0 aromatic carbocycles. The van der Waals surface area contributed by atoms with Crippen LogP contribution < -0.4 is 0 Å². The number of aliphatic hydroxyl groups excluding tert-OH is 1. The minimum atomic E-state index is -0.123. The second-order valence-electron chi connectivity index (χ2n) is 2.41. The van der Waals surface area contributed by atoms with Gasteiger partial charge in [0.1, 0.15) is 11.3 Å². The van der Waals surface area contributed by atoms with Crippen molar-refractivity contribution in [1.29, 1.82) is 0 Å². The monoisotopic (exact) mass is 177 g/mol. The molecule has 0 aliphatic rings. The van der Waals surface area contributed by atoms with Gasteiger partial charge in [-0.2, -0.15) is 0 Å². The first-order chi connectivity index (χ1) is 5.17. The van der Waals surface area contributed by atoms with Gasteiger partial charge in [-0.3, -0.25) is 0 Å². The Bertz CT molecular complexity index is 166. The lowest BCUT2D eigenvalue weighted by Crippen LogP contribution is -2.37. The van der Waals surface area contributed by atoms with E-state index < -0.39 is 0 Å². The van der Waals surface area contributed by atoms with E-state index in [0.717, 1.165) is 6.42 Å². The maximum Gasteiger partial charge on any atom is 0.217 e. The van der Waals surface area contributed by atoms with E-state index in [1.165, 1.54) is 0 Å². The highest BCUT2D eigenvalue weighted by Crippen LogP contribution is 2.01. The quantitative estimate of drug-likeness (QED) is 0.653. The molecule has 0 rings (SSSR count). The normalized spacial score (nSPS) is 13.2. The fraction of sp³-hybridized carbons (Fsp3) is 0.857.